The van der Waals surface area contributed by atoms with Crippen LogP contribution in [-0.2, 0) is 0 Å². The fraction of sp³-hybridized carbons (Fsp3) is 0.714. The first-order valence-electron chi connectivity index (χ1n) is 6.00. The number of allylic oxidation sites excluding steroid dienone is 4. The molecule has 0 aromatic carbocycles. The molecular formula is C14H22. The first-order chi connectivity index (χ1) is 6.70. The van der Waals surface area contributed by atoms with Crippen LogP contribution in [0.1, 0.15) is 46.0 Å². The summed E-state index contributed by atoms with van der Waals surface area (Å²) in [6.07, 6.45) is 16.1. The van der Waals surface area contributed by atoms with Gasteiger partial charge in [0.15, 0.2) is 0 Å². The van der Waals surface area contributed by atoms with E-state index < -0.39 is 0 Å². The van der Waals surface area contributed by atoms with Crippen LogP contribution in [0.2, 0.25) is 0 Å². The highest BCUT2D eigenvalue weighted by atomic mass is 14.5. The van der Waals surface area contributed by atoms with Gasteiger partial charge in [0.1, 0.15) is 0 Å². The second-order valence-corrected chi connectivity index (χ2v) is 5.55. The molecule has 0 bridgehead atoms. The van der Waals surface area contributed by atoms with Gasteiger partial charge in [-0.1, -0.05) is 38.2 Å². The Hall–Kier alpha value is -0.520. The standard InChI is InChI=1S/C14H22/c1-14(2)11-12-9-7-5-3-4-6-8-10-13(12)14/h5-8,12-13H,3-4,9-11H2,1-2H3/b7-5-,8-6+. The molecule has 14 heavy (non-hydrogen) atoms. The third-order valence-electron chi connectivity index (χ3n) is 4.02. The second kappa shape index (κ2) is 3.92. The molecule has 2 rings (SSSR count). The van der Waals surface area contributed by atoms with Crippen LogP contribution in [0.3, 0.4) is 0 Å². The van der Waals surface area contributed by atoms with E-state index in [1.807, 2.05) is 0 Å². The predicted molar refractivity (Wildman–Crippen MR) is 62.1 cm³/mol. The zero-order valence-electron chi connectivity index (χ0n) is 9.50. The number of hydrogen-bond donors (Lipinski definition) is 0. The topological polar surface area (TPSA) is 0 Å². The quantitative estimate of drug-likeness (QED) is 0.499. The lowest BCUT2D eigenvalue weighted by molar-refractivity contribution is -0.00718. The van der Waals surface area contributed by atoms with E-state index in [1.54, 1.807) is 0 Å². The van der Waals surface area contributed by atoms with Gasteiger partial charge in [-0.25, -0.2) is 0 Å². The van der Waals surface area contributed by atoms with E-state index in [0.29, 0.717) is 5.41 Å². The third-order valence-corrected chi connectivity index (χ3v) is 4.02. The molecule has 78 valence electrons. The van der Waals surface area contributed by atoms with E-state index in [4.69, 9.17) is 0 Å². The summed E-state index contributed by atoms with van der Waals surface area (Å²) in [5.74, 6) is 1.89. The van der Waals surface area contributed by atoms with Crippen molar-refractivity contribution >= 4 is 0 Å². The molecule has 0 nitrogen and oxygen atoms in total. The average molecular weight is 190 g/mol. The zero-order valence-corrected chi connectivity index (χ0v) is 9.50. The first kappa shape index (κ1) is 10.0. The number of rotatable bonds is 0. The SMILES string of the molecule is CC1(C)CC2C/C=C\CC/C=C/CC21. The zero-order chi connectivity index (χ0) is 10.0. The summed E-state index contributed by atoms with van der Waals surface area (Å²) in [4.78, 5) is 0. The van der Waals surface area contributed by atoms with Gasteiger partial charge in [-0.2, -0.15) is 0 Å². The van der Waals surface area contributed by atoms with E-state index in [9.17, 15) is 0 Å². The van der Waals surface area contributed by atoms with Crippen molar-refractivity contribution in [3.8, 4) is 0 Å². The Kier molecular flexibility index (Phi) is 2.80. The average Bonchev–Trinajstić information content (AvgIpc) is 2.14. The van der Waals surface area contributed by atoms with Crippen LogP contribution in [0.4, 0.5) is 0 Å². The predicted octanol–water partition coefficient (Wildman–Crippen LogP) is 4.34. The van der Waals surface area contributed by atoms with Crippen LogP contribution in [0.25, 0.3) is 0 Å². The summed E-state index contributed by atoms with van der Waals surface area (Å²) in [5, 5.41) is 0. The minimum Gasteiger partial charge on any atom is -0.0882 e. The van der Waals surface area contributed by atoms with E-state index in [1.165, 1.54) is 32.1 Å². The molecule has 0 aliphatic heterocycles. The summed E-state index contributed by atoms with van der Waals surface area (Å²) in [6.45, 7) is 4.86. The smallest absolute Gasteiger partial charge is 0.0296 e. The largest absolute Gasteiger partial charge is 0.0882 e. The van der Waals surface area contributed by atoms with Crippen LogP contribution in [0.5, 0.6) is 0 Å². The van der Waals surface area contributed by atoms with Gasteiger partial charge >= 0.3 is 0 Å². The van der Waals surface area contributed by atoms with Crippen LogP contribution in [0.15, 0.2) is 24.3 Å². The molecule has 0 aromatic rings. The van der Waals surface area contributed by atoms with Gasteiger partial charge in [-0.05, 0) is 49.4 Å². The molecule has 0 heteroatoms. The van der Waals surface area contributed by atoms with Crippen molar-refractivity contribution in [2.24, 2.45) is 17.3 Å². The Morgan fingerprint density at radius 1 is 0.929 bits per heavy atom. The van der Waals surface area contributed by atoms with Crippen molar-refractivity contribution in [2.45, 2.75) is 46.0 Å². The van der Waals surface area contributed by atoms with E-state index >= 15 is 0 Å². The summed E-state index contributed by atoms with van der Waals surface area (Å²) in [6, 6.07) is 0. The van der Waals surface area contributed by atoms with E-state index in [0.717, 1.165) is 11.8 Å². The molecule has 1 saturated carbocycles. The minimum absolute atomic E-state index is 0.599. The normalized spacial score (nSPS) is 40.4. The highest BCUT2D eigenvalue weighted by Crippen LogP contribution is 2.54. The van der Waals surface area contributed by atoms with Gasteiger partial charge in [0.25, 0.3) is 0 Å². The monoisotopic (exact) mass is 190 g/mol. The van der Waals surface area contributed by atoms with Crippen LogP contribution < -0.4 is 0 Å². The van der Waals surface area contributed by atoms with Crippen LogP contribution in [-0.4, -0.2) is 0 Å². The van der Waals surface area contributed by atoms with Crippen molar-refractivity contribution in [2.75, 3.05) is 0 Å². The van der Waals surface area contributed by atoms with Crippen molar-refractivity contribution in [1.82, 2.24) is 0 Å². The van der Waals surface area contributed by atoms with Gasteiger partial charge < -0.3 is 0 Å². The molecule has 2 unspecified atom stereocenters. The van der Waals surface area contributed by atoms with Crippen molar-refractivity contribution in [3.63, 3.8) is 0 Å². The fourth-order valence-electron chi connectivity index (χ4n) is 3.15. The molecule has 0 spiro atoms. The van der Waals surface area contributed by atoms with Gasteiger partial charge in [0, 0.05) is 0 Å². The Morgan fingerprint density at radius 3 is 2.21 bits per heavy atom. The molecule has 0 aromatic heterocycles. The molecule has 0 amide bonds. The Labute approximate surface area is 88.1 Å². The first-order valence-corrected chi connectivity index (χ1v) is 6.00. The second-order valence-electron chi connectivity index (χ2n) is 5.55. The van der Waals surface area contributed by atoms with Gasteiger partial charge in [0.2, 0.25) is 0 Å². The summed E-state index contributed by atoms with van der Waals surface area (Å²) < 4.78 is 0. The molecule has 2 aliphatic rings. The third kappa shape index (κ3) is 1.94. The van der Waals surface area contributed by atoms with Crippen molar-refractivity contribution in [1.29, 1.82) is 0 Å². The lowest BCUT2D eigenvalue weighted by Gasteiger charge is -2.51. The van der Waals surface area contributed by atoms with Crippen molar-refractivity contribution in [3.05, 3.63) is 24.3 Å². The van der Waals surface area contributed by atoms with Crippen LogP contribution in [0, 0.1) is 17.3 Å². The van der Waals surface area contributed by atoms with E-state index in [2.05, 4.69) is 38.2 Å². The molecule has 0 radical (unpaired) electrons. The molecule has 1 fully saturated rings. The lowest BCUT2D eigenvalue weighted by atomic mass is 9.53. The van der Waals surface area contributed by atoms with Crippen molar-refractivity contribution < 1.29 is 0 Å². The van der Waals surface area contributed by atoms with E-state index in [-0.39, 0.29) is 0 Å². The van der Waals surface area contributed by atoms with Crippen LogP contribution >= 0.6 is 0 Å². The Morgan fingerprint density at radius 2 is 1.57 bits per heavy atom. The summed E-state index contributed by atoms with van der Waals surface area (Å²) in [7, 11) is 0. The maximum Gasteiger partial charge on any atom is -0.0296 e. The molecule has 2 aliphatic carbocycles. The molecule has 0 N–H and O–H groups in total. The summed E-state index contributed by atoms with van der Waals surface area (Å²) in [5.41, 5.74) is 0.599. The molecule has 0 saturated heterocycles. The maximum absolute atomic E-state index is 2.43. The fourth-order valence-corrected chi connectivity index (χ4v) is 3.15. The summed E-state index contributed by atoms with van der Waals surface area (Å²) >= 11 is 0. The van der Waals surface area contributed by atoms with Gasteiger partial charge in [-0.3, -0.25) is 0 Å². The highest BCUT2D eigenvalue weighted by Gasteiger charge is 2.45. The Bertz CT molecular complexity index is 245. The number of hydrogen-bond acceptors (Lipinski definition) is 0. The van der Waals surface area contributed by atoms with Gasteiger partial charge in [-0.15, -0.1) is 0 Å². The molecule has 2 atom stereocenters. The highest BCUT2D eigenvalue weighted by molar-refractivity contribution is 5.03. The maximum atomic E-state index is 2.43. The van der Waals surface area contributed by atoms with Gasteiger partial charge in [0.05, 0.1) is 0 Å². The lowest BCUT2D eigenvalue weighted by Crippen LogP contribution is -2.43. The number of fused-ring (bicyclic) bond motifs is 1. The minimum atomic E-state index is 0.599. The molecule has 0 heterocycles. The molecular weight excluding hydrogens is 168 g/mol. The Balaban J connectivity index is 2.02.